The molecule has 0 aromatic carbocycles. The summed E-state index contributed by atoms with van der Waals surface area (Å²) in [6.45, 7) is 0.616. The summed E-state index contributed by atoms with van der Waals surface area (Å²) >= 11 is 0. The lowest BCUT2D eigenvalue weighted by atomic mass is 9.88. The Labute approximate surface area is 136 Å². The lowest BCUT2D eigenvalue weighted by Gasteiger charge is -2.45. The maximum Gasteiger partial charge on any atom is 0.366 e. The smallest absolute Gasteiger partial charge is 0.366 e. The Morgan fingerprint density at radius 1 is 1.54 bits per heavy atom. The molecule has 1 aliphatic rings. The Hall–Kier alpha value is -1.95. The van der Waals surface area contributed by atoms with Crippen LogP contribution >= 0.6 is 0 Å². The number of esters is 1. The monoisotopic (exact) mass is 348 g/mol. The second kappa shape index (κ2) is 8.24. The molecule has 1 rings (SSSR count). The number of hydrogen-bond acceptors (Lipinski definition) is 9. The highest BCUT2D eigenvalue weighted by atomic mass is 16.7. The van der Waals surface area contributed by atoms with Crippen molar-refractivity contribution in [2.75, 3.05) is 13.7 Å². The molecule has 12 nitrogen and oxygen atoms in total. The van der Waals surface area contributed by atoms with E-state index >= 15 is 0 Å². The van der Waals surface area contributed by atoms with Crippen LogP contribution in [-0.2, 0) is 19.1 Å². The number of aliphatic hydroxyl groups is 4. The first-order valence-electron chi connectivity index (χ1n) is 6.97. The van der Waals surface area contributed by atoms with Crippen molar-refractivity contribution >= 4 is 11.9 Å². The first-order valence-corrected chi connectivity index (χ1v) is 6.97. The van der Waals surface area contributed by atoms with Gasteiger partial charge in [-0.3, -0.25) is 4.79 Å². The third kappa shape index (κ3) is 4.54. The molecule has 12 heteroatoms. The van der Waals surface area contributed by atoms with Gasteiger partial charge >= 0.3 is 5.97 Å². The van der Waals surface area contributed by atoms with E-state index in [1.54, 1.807) is 0 Å². The quantitative estimate of drug-likeness (QED) is 0.151. The van der Waals surface area contributed by atoms with Crippen molar-refractivity contribution in [3.63, 3.8) is 0 Å². The molecule has 136 valence electrons. The number of ether oxygens (including phenoxy) is 2. The van der Waals surface area contributed by atoms with Crippen molar-refractivity contribution in [2.45, 2.75) is 49.6 Å². The van der Waals surface area contributed by atoms with E-state index in [0.29, 0.717) is 0 Å². The fraction of sp³-hybridized carbons (Fsp3) is 0.833. The van der Waals surface area contributed by atoms with Crippen LogP contribution in [0.5, 0.6) is 0 Å². The Kier molecular flexibility index (Phi) is 6.90. The number of nitrogens with one attached hydrogen (secondary N) is 1. The number of carbonyl (C=O) groups excluding carboxylic acids is 2. The van der Waals surface area contributed by atoms with Gasteiger partial charge in [-0.05, 0) is 5.53 Å². The number of carbonyl (C=O) groups is 2. The number of nitrogens with zero attached hydrogens (tertiary/aromatic N) is 3. The van der Waals surface area contributed by atoms with Crippen molar-refractivity contribution in [1.29, 1.82) is 0 Å². The zero-order valence-electron chi connectivity index (χ0n) is 13.1. The predicted octanol–water partition coefficient (Wildman–Crippen LogP) is -2.47. The first-order chi connectivity index (χ1) is 11.2. The van der Waals surface area contributed by atoms with E-state index in [0.717, 1.165) is 14.0 Å². The lowest BCUT2D eigenvalue weighted by Crippen LogP contribution is -2.67. The van der Waals surface area contributed by atoms with E-state index in [9.17, 15) is 30.0 Å². The third-order valence-corrected chi connectivity index (χ3v) is 3.52. The highest BCUT2D eigenvalue weighted by Crippen LogP contribution is 2.31. The topological polar surface area (TPSA) is 194 Å². The summed E-state index contributed by atoms with van der Waals surface area (Å²) < 4.78 is 9.52. The number of methoxy groups -OCH3 is 1. The summed E-state index contributed by atoms with van der Waals surface area (Å²) in [5.74, 6) is -4.37. The van der Waals surface area contributed by atoms with Crippen LogP contribution in [0.2, 0.25) is 0 Å². The molecule has 1 saturated heterocycles. The van der Waals surface area contributed by atoms with Crippen molar-refractivity contribution in [2.24, 2.45) is 5.11 Å². The number of hydrogen-bond donors (Lipinski definition) is 5. The van der Waals surface area contributed by atoms with Gasteiger partial charge in [-0.25, -0.2) is 4.79 Å². The highest BCUT2D eigenvalue weighted by molar-refractivity contribution is 5.78. The SMILES string of the molecule is COC(=O)[C@@]1(O)C[C@H](O)[C@@H](NC(C)=O)[C@H]([C@H](O)[C@H](O)CN=[N+]=[N-])O1. The summed E-state index contributed by atoms with van der Waals surface area (Å²) in [6, 6.07) is -1.23. The minimum atomic E-state index is -2.58. The first kappa shape index (κ1) is 20.1. The summed E-state index contributed by atoms with van der Waals surface area (Å²) in [5, 5.41) is 45.7. The molecule has 1 aliphatic heterocycles. The summed E-state index contributed by atoms with van der Waals surface area (Å²) in [6.07, 6.45) is -7.11. The van der Waals surface area contributed by atoms with Crippen LogP contribution in [0.15, 0.2) is 5.11 Å². The van der Waals surface area contributed by atoms with E-state index in [1.807, 2.05) is 0 Å². The molecule has 1 heterocycles. The Morgan fingerprint density at radius 3 is 2.67 bits per heavy atom. The van der Waals surface area contributed by atoms with Gasteiger partial charge in [-0.1, -0.05) is 5.11 Å². The summed E-state index contributed by atoms with van der Waals surface area (Å²) in [4.78, 5) is 25.4. The molecule has 1 fully saturated rings. The summed E-state index contributed by atoms with van der Waals surface area (Å²) in [7, 11) is 0.984. The second-order valence-electron chi connectivity index (χ2n) is 5.33. The average molecular weight is 348 g/mol. The van der Waals surface area contributed by atoms with E-state index < -0.39 is 61.1 Å². The number of rotatable bonds is 6. The molecule has 0 aromatic rings. The Bertz CT molecular complexity index is 525. The average Bonchev–Trinajstić information content (AvgIpc) is 2.53. The van der Waals surface area contributed by atoms with Gasteiger partial charge in [0.05, 0.1) is 31.9 Å². The Balaban J connectivity index is 3.10. The molecule has 6 atom stereocenters. The van der Waals surface area contributed by atoms with E-state index in [1.165, 1.54) is 0 Å². The maximum atomic E-state index is 11.7. The Morgan fingerprint density at radius 2 is 2.17 bits per heavy atom. The molecule has 0 saturated carbocycles. The van der Waals surface area contributed by atoms with Gasteiger partial charge in [0, 0.05) is 18.3 Å². The molecular formula is C12H20N4O8. The molecular weight excluding hydrogens is 328 g/mol. The number of aliphatic hydroxyl groups excluding tert-OH is 3. The van der Waals surface area contributed by atoms with E-state index in [-0.39, 0.29) is 0 Å². The highest BCUT2D eigenvalue weighted by Gasteiger charge is 2.54. The van der Waals surface area contributed by atoms with Gasteiger partial charge in [0.2, 0.25) is 5.91 Å². The third-order valence-electron chi connectivity index (χ3n) is 3.52. The zero-order chi connectivity index (χ0) is 18.5. The number of amides is 1. The van der Waals surface area contributed by atoms with Gasteiger partial charge < -0.3 is 35.2 Å². The fourth-order valence-electron chi connectivity index (χ4n) is 2.41. The minimum Gasteiger partial charge on any atom is -0.465 e. The van der Waals surface area contributed by atoms with Gasteiger partial charge in [0.25, 0.3) is 5.79 Å². The van der Waals surface area contributed by atoms with Crippen molar-refractivity contribution in [3.05, 3.63) is 10.4 Å². The normalized spacial score (nSPS) is 32.2. The fourth-order valence-corrected chi connectivity index (χ4v) is 2.41. The van der Waals surface area contributed by atoms with Crippen molar-refractivity contribution in [3.8, 4) is 0 Å². The molecule has 1 amide bonds. The maximum absolute atomic E-state index is 11.7. The molecule has 0 radical (unpaired) electrons. The van der Waals surface area contributed by atoms with Crippen LogP contribution in [0.25, 0.3) is 10.4 Å². The van der Waals surface area contributed by atoms with Crippen LogP contribution in [0.4, 0.5) is 0 Å². The van der Waals surface area contributed by atoms with E-state index in [4.69, 9.17) is 10.3 Å². The van der Waals surface area contributed by atoms with Gasteiger partial charge in [0.1, 0.15) is 12.2 Å². The second-order valence-corrected chi connectivity index (χ2v) is 5.33. The molecule has 0 bridgehead atoms. The van der Waals surface area contributed by atoms with Crippen LogP contribution in [0, 0.1) is 0 Å². The lowest BCUT2D eigenvalue weighted by molar-refractivity contribution is -0.295. The van der Waals surface area contributed by atoms with Crippen LogP contribution in [0.1, 0.15) is 13.3 Å². The van der Waals surface area contributed by atoms with E-state index in [2.05, 4.69) is 20.1 Å². The van der Waals surface area contributed by atoms with Crippen LogP contribution in [-0.4, -0.2) is 82.2 Å². The minimum absolute atomic E-state index is 0.531. The standard InChI is InChI=1S/C12H20N4O8/c1-5(17)15-8-6(18)3-12(22,11(21)23-2)24-10(8)9(20)7(19)4-14-16-13/h6-10,18-20,22H,3-4H2,1-2H3,(H,15,17)/t6-,7+,8+,9+,10+,12+/m0/s1. The van der Waals surface area contributed by atoms with Crippen LogP contribution in [0.3, 0.4) is 0 Å². The molecule has 0 spiro atoms. The molecule has 0 aliphatic carbocycles. The summed E-state index contributed by atoms with van der Waals surface area (Å²) in [5.41, 5.74) is 8.24. The van der Waals surface area contributed by atoms with Crippen molar-refractivity contribution in [1.82, 2.24) is 5.32 Å². The van der Waals surface area contributed by atoms with Gasteiger partial charge in [0.15, 0.2) is 0 Å². The van der Waals surface area contributed by atoms with Gasteiger partial charge in [-0.15, -0.1) is 0 Å². The molecule has 24 heavy (non-hydrogen) atoms. The zero-order valence-corrected chi connectivity index (χ0v) is 13.1. The molecule has 5 N–H and O–H groups in total. The molecule has 0 aromatic heterocycles. The van der Waals surface area contributed by atoms with Crippen molar-refractivity contribution < 1.29 is 39.5 Å². The van der Waals surface area contributed by atoms with Crippen LogP contribution < -0.4 is 5.32 Å². The molecule has 0 unspecified atom stereocenters. The predicted molar refractivity (Wildman–Crippen MR) is 76.1 cm³/mol. The number of azide groups is 1. The largest absolute Gasteiger partial charge is 0.465 e. The van der Waals surface area contributed by atoms with Gasteiger partial charge in [-0.2, -0.15) is 0 Å².